The van der Waals surface area contributed by atoms with Gasteiger partial charge < -0.3 is 10.2 Å². The Kier molecular flexibility index (Phi) is 5.53. The van der Waals surface area contributed by atoms with E-state index < -0.39 is 27.1 Å². The number of hydrogen-bond acceptors (Lipinski definition) is 6. The molecular weight excluding hydrogens is 364 g/mol. The second-order valence-electron chi connectivity index (χ2n) is 6.92. The van der Waals surface area contributed by atoms with Crippen LogP contribution in [0.4, 0.5) is 22.7 Å². The van der Waals surface area contributed by atoms with Crippen molar-refractivity contribution in [3.05, 3.63) is 68.3 Å². The lowest BCUT2D eigenvalue weighted by Crippen LogP contribution is -2.32. The number of nitrogens with one attached hydrogen (secondary N) is 1. The molecule has 0 atom stereocenters. The van der Waals surface area contributed by atoms with Crippen molar-refractivity contribution >= 4 is 28.7 Å². The summed E-state index contributed by atoms with van der Waals surface area (Å²) in [6.45, 7) is 4.22. The molecule has 0 bridgehead atoms. The van der Waals surface area contributed by atoms with Crippen LogP contribution in [-0.4, -0.2) is 28.8 Å². The zero-order valence-electron chi connectivity index (χ0n) is 15.3. The number of benzene rings is 2. The summed E-state index contributed by atoms with van der Waals surface area (Å²) in [4.78, 5) is 35.1. The smallest absolute Gasteiger partial charge is 0.277 e. The van der Waals surface area contributed by atoms with Crippen molar-refractivity contribution < 1.29 is 14.6 Å². The molecule has 0 aliphatic carbocycles. The quantitative estimate of drug-likeness (QED) is 0.615. The zero-order valence-corrected chi connectivity index (χ0v) is 15.3. The Morgan fingerprint density at radius 2 is 1.54 bits per heavy atom. The maximum absolute atomic E-state index is 12.4. The molecule has 1 N–H and O–H groups in total. The third-order valence-corrected chi connectivity index (χ3v) is 4.86. The second-order valence-corrected chi connectivity index (χ2v) is 6.92. The molecule has 0 saturated carbocycles. The van der Waals surface area contributed by atoms with Gasteiger partial charge in [-0.25, -0.2) is 0 Å². The van der Waals surface area contributed by atoms with Crippen LogP contribution in [0.25, 0.3) is 0 Å². The highest BCUT2D eigenvalue weighted by atomic mass is 16.6. The number of nitrogens with zero attached hydrogens (tertiary/aromatic N) is 3. The number of non-ortho nitro benzene ring substituents is 2. The third kappa shape index (κ3) is 4.43. The minimum Gasteiger partial charge on any atom is -0.372 e. The maximum atomic E-state index is 12.4. The van der Waals surface area contributed by atoms with Crippen molar-refractivity contribution in [3.63, 3.8) is 0 Å². The molecule has 1 amide bonds. The fourth-order valence-corrected chi connectivity index (χ4v) is 3.16. The first-order valence-corrected chi connectivity index (χ1v) is 8.93. The Morgan fingerprint density at radius 1 is 1.00 bits per heavy atom. The fraction of sp³-hybridized carbons (Fsp3) is 0.316. The maximum Gasteiger partial charge on any atom is 0.277 e. The van der Waals surface area contributed by atoms with Gasteiger partial charge in [-0.1, -0.05) is 6.92 Å². The monoisotopic (exact) mass is 384 g/mol. The lowest BCUT2D eigenvalue weighted by molar-refractivity contribution is -0.394. The molecule has 146 valence electrons. The van der Waals surface area contributed by atoms with E-state index in [0.29, 0.717) is 5.69 Å². The predicted octanol–water partition coefficient (Wildman–Crippen LogP) is 3.99. The topological polar surface area (TPSA) is 119 Å². The van der Waals surface area contributed by atoms with Gasteiger partial charge in [-0.3, -0.25) is 25.0 Å². The highest BCUT2D eigenvalue weighted by Gasteiger charge is 2.20. The van der Waals surface area contributed by atoms with Gasteiger partial charge in [0.25, 0.3) is 17.3 Å². The van der Waals surface area contributed by atoms with Crippen molar-refractivity contribution in [1.82, 2.24) is 0 Å². The number of carbonyl (C=O) groups is 1. The van der Waals surface area contributed by atoms with E-state index >= 15 is 0 Å². The van der Waals surface area contributed by atoms with Gasteiger partial charge in [-0.2, -0.15) is 0 Å². The number of nitro benzene ring substituents is 2. The number of carbonyl (C=O) groups excluding carboxylic acids is 1. The molecule has 2 aromatic rings. The average Bonchev–Trinajstić information content (AvgIpc) is 2.68. The van der Waals surface area contributed by atoms with Gasteiger partial charge in [0.15, 0.2) is 0 Å². The van der Waals surface area contributed by atoms with Crippen LogP contribution in [0.3, 0.4) is 0 Å². The molecule has 9 nitrogen and oxygen atoms in total. The summed E-state index contributed by atoms with van der Waals surface area (Å²) in [5.74, 6) is 0.0835. The van der Waals surface area contributed by atoms with E-state index in [2.05, 4.69) is 17.1 Å². The summed E-state index contributed by atoms with van der Waals surface area (Å²) in [6, 6.07) is 10.2. The van der Waals surface area contributed by atoms with Crippen LogP contribution in [0.5, 0.6) is 0 Å². The number of rotatable bonds is 5. The van der Waals surface area contributed by atoms with Gasteiger partial charge in [0, 0.05) is 36.6 Å². The summed E-state index contributed by atoms with van der Waals surface area (Å²) in [7, 11) is 0. The highest BCUT2D eigenvalue weighted by molar-refractivity contribution is 6.05. The fourth-order valence-electron chi connectivity index (χ4n) is 3.16. The second kappa shape index (κ2) is 8.03. The SMILES string of the molecule is CC1CCN(c2ccc(NC(=O)c3cc([N+](=O)[O-])cc([N+](=O)[O-])c3)cc2)CC1. The minimum absolute atomic E-state index is 0.144. The molecule has 0 spiro atoms. The molecule has 9 heteroatoms. The molecule has 1 aliphatic heterocycles. The summed E-state index contributed by atoms with van der Waals surface area (Å²) in [6.07, 6.45) is 2.29. The van der Waals surface area contributed by atoms with Gasteiger partial charge >= 0.3 is 0 Å². The molecule has 1 aliphatic rings. The standard InChI is InChI=1S/C19H20N4O5/c1-13-6-8-21(9-7-13)16-4-2-15(3-5-16)20-19(24)14-10-17(22(25)26)12-18(11-14)23(27)28/h2-5,10-13H,6-9H2,1H3,(H,20,24). The molecule has 0 radical (unpaired) electrons. The van der Waals surface area contributed by atoms with Gasteiger partial charge in [0.2, 0.25) is 0 Å². The number of hydrogen-bond donors (Lipinski definition) is 1. The molecule has 0 aromatic heterocycles. The van der Waals surface area contributed by atoms with Crippen LogP contribution in [0.2, 0.25) is 0 Å². The lowest BCUT2D eigenvalue weighted by Gasteiger charge is -2.32. The molecule has 1 fully saturated rings. The third-order valence-electron chi connectivity index (χ3n) is 4.86. The number of nitro groups is 2. The van der Waals surface area contributed by atoms with E-state index in [9.17, 15) is 25.0 Å². The van der Waals surface area contributed by atoms with E-state index in [0.717, 1.165) is 55.7 Å². The number of amides is 1. The van der Waals surface area contributed by atoms with Crippen molar-refractivity contribution in [2.24, 2.45) is 5.92 Å². The minimum atomic E-state index is -0.766. The first kappa shape index (κ1) is 19.3. The summed E-state index contributed by atoms with van der Waals surface area (Å²) in [5.41, 5.74) is 0.419. The molecule has 1 saturated heterocycles. The van der Waals surface area contributed by atoms with Crippen LogP contribution in [-0.2, 0) is 0 Å². The van der Waals surface area contributed by atoms with Gasteiger partial charge in [0.1, 0.15) is 0 Å². The van der Waals surface area contributed by atoms with E-state index in [1.165, 1.54) is 0 Å². The summed E-state index contributed by atoms with van der Waals surface area (Å²) >= 11 is 0. The first-order valence-electron chi connectivity index (χ1n) is 8.93. The Hall–Kier alpha value is -3.49. The summed E-state index contributed by atoms with van der Waals surface area (Å²) < 4.78 is 0. The van der Waals surface area contributed by atoms with E-state index in [4.69, 9.17) is 0 Å². The number of piperidine rings is 1. The van der Waals surface area contributed by atoms with Crippen LogP contribution >= 0.6 is 0 Å². The molecular formula is C19H20N4O5. The Balaban J connectivity index is 1.74. The molecule has 2 aromatic carbocycles. The largest absolute Gasteiger partial charge is 0.372 e. The summed E-state index contributed by atoms with van der Waals surface area (Å²) in [5, 5.41) is 24.6. The molecule has 28 heavy (non-hydrogen) atoms. The van der Waals surface area contributed by atoms with Crippen molar-refractivity contribution in [3.8, 4) is 0 Å². The van der Waals surface area contributed by atoms with Gasteiger partial charge in [-0.15, -0.1) is 0 Å². The highest BCUT2D eigenvalue weighted by Crippen LogP contribution is 2.26. The van der Waals surface area contributed by atoms with Crippen molar-refractivity contribution in [1.29, 1.82) is 0 Å². The van der Waals surface area contributed by atoms with E-state index in [1.54, 1.807) is 12.1 Å². The van der Waals surface area contributed by atoms with E-state index in [1.807, 2.05) is 12.1 Å². The number of anilines is 2. The van der Waals surface area contributed by atoms with E-state index in [-0.39, 0.29) is 5.56 Å². The zero-order chi connectivity index (χ0) is 20.3. The van der Waals surface area contributed by atoms with Crippen LogP contribution in [0.15, 0.2) is 42.5 Å². The Morgan fingerprint density at radius 3 is 2.04 bits per heavy atom. The van der Waals surface area contributed by atoms with Gasteiger partial charge in [-0.05, 0) is 43.0 Å². The average molecular weight is 384 g/mol. The lowest BCUT2D eigenvalue weighted by atomic mass is 9.99. The van der Waals surface area contributed by atoms with Crippen LogP contribution in [0.1, 0.15) is 30.1 Å². The Labute approximate surface area is 161 Å². The molecule has 0 unspecified atom stereocenters. The van der Waals surface area contributed by atoms with Crippen molar-refractivity contribution in [2.75, 3.05) is 23.3 Å². The van der Waals surface area contributed by atoms with Crippen LogP contribution in [0, 0.1) is 26.1 Å². The predicted molar refractivity (Wildman–Crippen MR) is 105 cm³/mol. The van der Waals surface area contributed by atoms with Crippen LogP contribution < -0.4 is 10.2 Å². The molecule has 3 rings (SSSR count). The van der Waals surface area contributed by atoms with Crippen molar-refractivity contribution in [2.45, 2.75) is 19.8 Å². The normalized spacial score (nSPS) is 14.5. The van der Waals surface area contributed by atoms with Gasteiger partial charge in [0.05, 0.1) is 21.5 Å². The first-order chi connectivity index (χ1) is 13.3. The Bertz CT molecular complexity index is 873. The molecule has 1 heterocycles.